The summed E-state index contributed by atoms with van der Waals surface area (Å²) in [6, 6.07) is 14.5. The Balaban J connectivity index is 1.57. The Labute approximate surface area is 154 Å². The molecule has 1 unspecified atom stereocenters. The van der Waals surface area contributed by atoms with Crippen LogP contribution in [0.2, 0.25) is 0 Å². The summed E-state index contributed by atoms with van der Waals surface area (Å²) in [6.07, 6.45) is 2.57. The van der Waals surface area contributed by atoms with E-state index in [1.165, 1.54) is 16.9 Å². The Morgan fingerprint density at radius 2 is 1.84 bits per heavy atom. The Bertz CT molecular complexity index is 779. The number of nitrogens with one attached hydrogen (secondary N) is 1. The fourth-order valence-corrected chi connectivity index (χ4v) is 5.93. The molecule has 1 aromatic heterocycles. The number of likely N-dealkylation sites (tertiary alicyclic amines) is 1. The largest absolute Gasteiger partial charge is 0.296 e. The molecule has 0 amide bonds. The summed E-state index contributed by atoms with van der Waals surface area (Å²) < 4.78 is 28.4. The van der Waals surface area contributed by atoms with Gasteiger partial charge in [0.1, 0.15) is 4.21 Å². The predicted octanol–water partition coefficient (Wildman–Crippen LogP) is 3.81. The van der Waals surface area contributed by atoms with Crippen LogP contribution >= 0.6 is 11.3 Å². The smallest absolute Gasteiger partial charge is 0.250 e. The number of rotatable bonds is 6. The minimum atomic E-state index is -3.39. The van der Waals surface area contributed by atoms with Gasteiger partial charge in [-0.15, -0.1) is 11.3 Å². The fourth-order valence-electron chi connectivity index (χ4n) is 3.32. The molecule has 0 spiro atoms. The minimum Gasteiger partial charge on any atom is -0.296 e. The Kier molecular flexibility index (Phi) is 5.94. The molecule has 1 aromatic carbocycles. The van der Waals surface area contributed by atoms with Gasteiger partial charge in [0.15, 0.2) is 0 Å². The third-order valence-electron chi connectivity index (χ3n) is 4.93. The maximum absolute atomic E-state index is 12.6. The molecular formula is C19H26N2O2S2. The molecule has 1 aliphatic rings. The normalized spacial score (nSPS) is 18.3. The van der Waals surface area contributed by atoms with Crippen molar-refractivity contribution in [2.45, 2.75) is 49.4 Å². The van der Waals surface area contributed by atoms with Crippen LogP contribution in [0.25, 0.3) is 0 Å². The summed E-state index contributed by atoms with van der Waals surface area (Å²) in [4.78, 5) is 3.53. The van der Waals surface area contributed by atoms with E-state index in [4.69, 9.17) is 0 Å². The molecule has 4 nitrogen and oxygen atoms in total. The van der Waals surface area contributed by atoms with Crippen LogP contribution < -0.4 is 4.72 Å². The SMILES string of the molecule is CCc1ccc(S(=O)(=O)NC2CCN(C(C)c3ccccc3)CC2)s1. The summed E-state index contributed by atoms with van der Waals surface area (Å²) in [7, 11) is -3.39. The number of aryl methyl sites for hydroxylation is 1. The molecule has 25 heavy (non-hydrogen) atoms. The molecule has 1 fully saturated rings. The molecule has 3 rings (SSSR count). The maximum atomic E-state index is 12.6. The summed E-state index contributed by atoms with van der Waals surface area (Å²) in [6.45, 7) is 6.08. The van der Waals surface area contributed by atoms with E-state index >= 15 is 0 Å². The van der Waals surface area contributed by atoms with E-state index in [2.05, 4.69) is 40.8 Å². The van der Waals surface area contributed by atoms with E-state index in [9.17, 15) is 8.42 Å². The first kappa shape index (κ1) is 18.6. The van der Waals surface area contributed by atoms with Gasteiger partial charge >= 0.3 is 0 Å². The van der Waals surface area contributed by atoms with E-state index in [1.807, 2.05) is 19.1 Å². The van der Waals surface area contributed by atoms with Gasteiger partial charge in [0, 0.05) is 30.1 Å². The summed E-state index contributed by atoms with van der Waals surface area (Å²) in [5, 5.41) is 0. The third kappa shape index (κ3) is 4.50. The standard InChI is InChI=1S/C19H26N2O2S2/c1-3-18-9-10-19(24-18)25(22,23)20-17-11-13-21(14-12-17)15(2)16-7-5-4-6-8-16/h4-10,15,17,20H,3,11-14H2,1-2H3. The number of benzene rings is 1. The van der Waals surface area contributed by atoms with E-state index in [0.29, 0.717) is 10.3 Å². The zero-order chi connectivity index (χ0) is 17.9. The van der Waals surface area contributed by atoms with Crippen LogP contribution in [0.5, 0.6) is 0 Å². The molecule has 0 bridgehead atoms. The Hall–Kier alpha value is -1.21. The van der Waals surface area contributed by atoms with Gasteiger partial charge in [-0.25, -0.2) is 13.1 Å². The predicted molar refractivity (Wildman–Crippen MR) is 103 cm³/mol. The highest BCUT2D eigenvalue weighted by Gasteiger charge is 2.27. The second kappa shape index (κ2) is 7.99. The second-order valence-electron chi connectivity index (χ2n) is 6.59. The average Bonchev–Trinajstić information content (AvgIpc) is 3.12. The van der Waals surface area contributed by atoms with Crippen LogP contribution in [0.4, 0.5) is 0 Å². The lowest BCUT2D eigenvalue weighted by Crippen LogP contribution is -2.45. The van der Waals surface area contributed by atoms with Crippen molar-refractivity contribution in [3.8, 4) is 0 Å². The number of piperidine rings is 1. The van der Waals surface area contributed by atoms with Gasteiger partial charge in [-0.3, -0.25) is 4.90 Å². The minimum absolute atomic E-state index is 0.0244. The molecule has 0 aliphatic carbocycles. The van der Waals surface area contributed by atoms with Crippen molar-refractivity contribution in [1.82, 2.24) is 9.62 Å². The molecular weight excluding hydrogens is 352 g/mol. The Morgan fingerprint density at radius 3 is 2.44 bits per heavy atom. The van der Waals surface area contributed by atoms with Crippen LogP contribution in [0.3, 0.4) is 0 Å². The van der Waals surface area contributed by atoms with Crippen LogP contribution in [0, 0.1) is 0 Å². The molecule has 1 aliphatic heterocycles. The molecule has 1 N–H and O–H groups in total. The maximum Gasteiger partial charge on any atom is 0.250 e. The summed E-state index contributed by atoms with van der Waals surface area (Å²) in [5.41, 5.74) is 1.31. The lowest BCUT2D eigenvalue weighted by atomic mass is 10.0. The average molecular weight is 379 g/mol. The second-order valence-corrected chi connectivity index (χ2v) is 9.70. The van der Waals surface area contributed by atoms with Crippen LogP contribution in [0.1, 0.15) is 43.2 Å². The summed E-state index contributed by atoms with van der Waals surface area (Å²) in [5.74, 6) is 0. The van der Waals surface area contributed by atoms with Gasteiger partial charge in [-0.2, -0.15) is 0 Å². The quantitative estimate of drug-likeness (QED) is 0.831. The highest BCUT2D eigenvalue weighted by atomic mass is 32.2. The number of hydrogen-bond acceptors (Lipinski definition) is 4. The van der Waals surface area contributed by atoms with Crippen molar-refractivity contribution in [3.05, 3.63) is 52.9 Å². The van der Waals surface area contributed by atoms with Crippen molar-refractivity contribution in [2.75, 3.05) is 13.1 Å². The third-order valence-corrected chi connectivity index (χ3v) is 8.17. The van der Waals surface area contributed by atoms with Crippen molar-refractivity contribution >= 4 is 21.4 Å². The van der Waals surface area contributed by atoms with Crippen LogP contribution in [-0.4, -0.2) is 32.4 Å². The van der Waals surface area contributed by atoms with Gasteiger partial charge < -0.3 is 0 Å². The van der Waals surface area contributed by atoms with Gasteiger partial charge in [0.05, 0.1) is 0 Å². The number of sulfonamides is 1. The first-order valence-corrected chi connectivity index (χ1v) is 11.2. The van der Waals surface area contributed by atoms with Crippen LogP contribution in [0.15, 0.2) is 46.7 Å². The first-order valence-electron chi connectivity index (χ1n) is 8.89. The van der Waals surface area contributed by atoms with Crippen molar-refractivity contribution in [3.63, 3.8) is 0 Å². The molecule has 0 saturated carbocycles. The highest BCUT2D eigenvalue weighted by molar-refractivity contribution is 7.91. The first-order chi connectivity index (χ1) is 12.0. The molecule has 1 atom stereocenters. The summed E-state index contributed by atoms with van der Waals surface area (Å²) >= 11 is 1.37. The van der Waals surface area contributed by atoms with Gasteiger partial charge in [-0.05, 0) is 43.9 Å². The van der Waals surface area contributed by atoms with Crippen molar-refractivity contribution in [2.24, 2.45) is 0 Å². The molecule has 6 heteroatoms. The van der Waals surface area contributed by atoms with Crippen molar-refractivity contribution < 1.29 is 8.42 Å². The topological polar surface area (TPSA) is 49.4 Å². The highest BCUT2D eigenvalue weighted by Crippen LogP contribution is 2.26. The fraction of sp³-hybridized carbons (Fsp3) is 0.474. The molecule has 136 valence electrons. The lowest BCUT2D eigenvalue weighted by molar-refractivity contribution is 0.159. The number of nitrogens with zero attached hydrogens (tertiary/aromatic N) is 1. The van der Waals surface area contributed by atoms with Gasteiger partial charge in [0.25, 0.3) is 0 Å². The zero-order valence-corrected chi connectivity index (χ0v) is 16.4. The lowest BCUT2D eigenvalue weighted by Gasteiger charge is -2.36. The molecule has 1 saturated heterocycles. The Morgan fingerprint density at radius 1 is 1.16 bits per heavy atom. The molecule has 0 radical (unpaired) electrons. The number of thiophene rings is 1. The van der Waals surface area contributed by atoms with Crippen molar-refractivity contribution in [1.29, 1.82) is 0 Å². The van der Waals surface area contributed by atoms with E-state index in [-0.39, 0.29) is 6.04 Å². The molecule has 2 aromatic rings. The van der Waals surface area contributed by atoms with E-state index in [1.54, 1.807) is 6.07 Å². The van der Waals surface area contributed by atoms with Crippen LogP contribution in [-0.2, 0) is 16.4 Å². The monoisotopic (exact) mass is 378 g/mol. The van der Waals surface area contributed by atoms with E-state index in [0.717, 1.165) is 37.2 Å². The van der Waals surface area contributed by atoms with E-state index < -0.39 is 10.0 Å². The molecule has 2 heterocycles. The van der Waals surface area contributed by atoms with Gasteiger partial charge in [-0.1, -0.05) is 37.3 Å². The zero-order valence-electron chi connectivity index (χ0n) is 14.8. The number of hydrogen-bond donors (Lipinski definition) is 1. The van der Waals surface area contributed by atoms with Gasteiger partial charge in [0.2, 0.25) is 10.0 Å².